The second-order valence-electron chi connectivity index (χ2n) is 6.12. The summed E-state index contributed by atoms with van der Waals surface area (Å²) in [4.78, 5) is 17.9. The van der Waals surface area contributed by atoms with Gasteiger partial charge >= 0.3 is 5.97 Å². The number of benzene rings is 1. The molecule has 0 aliphatic carbocycles. The van der Waals surface area contributed by atoms with Gasteiger partial charge in [0.2, 0.25) is 0 Å². The molecule has 1 saturated heterocycles. The van der Waals surface area contributed by atoms with Crippen LogP contribution in [0.3, 0.4) is 0 Å². The van der Waals surface area contributed by atoms with Crippen LogP contribution in [-0.4, -0.2) is 48.0 Å². The molecule has 3 rings (SSSR count). The Morgan fingerprint density at radius 1 is 1.41 bits per heavy atom. The highest BCUT2D eigenvalue weighted by molar-refractivity contribution is 5.99. The third kappa shape index (κ3) is 3.65. The average Bonchev–Trinajstić information content (AvgIpc) is 2.56. The molecule has 2 aliphatic rings. The molecule has 2 aliphatic heterocycles. The molecule has 0 amide bonds. The van der Waals surface area contributed by atoms with Crippen LogP contribution in [0.2, 0.25) is 0 Å². The molecule has 1 aromatic carbocycles. The summed E-state index contributed by atoms with van der Waals surface area (Å²) in [7, 11) is 0. The Kier molecular flexibility index (Phi) is 4.73. The number of rotatable bonds is 4. The highest BCUT2D eigenvalue weighted by Gasteiger charge is 2.25. The SMILES string of the molecule is O=C(O)C1CCCN(Cc2cccc(C3=NCCCN3)c2)C1. The summed E-state index contributed by atoms with van der Waals surface area (Å²) < 4.78 is 0. The van der Waals surface area contributed by atoms with Gasteiger partial charge in [0.15, 0.2) is 0 Å². The summed E-state index contributed by atoms with van der Waals surface area (Å²) in [6, 6.07) is 8.41. The maximum absolute atomic E-state index is 11.2. The van der Waals surface area contributed by atoms with Gasteiger partial charge in [-0.2, -0.15) is 0 Å². The molecule has 1 fully saturated rings. The molecular weight excluding hydrogens is 278 g/mol. The number of nitrogens with zero attached hydrogens (tertiary/aromatic N) is 2. The largest absolute Gasteiger partial charge is 0.481 e. The van der Waals surface area contributed by atoms with Crippen molar-refractivity contribution >= 4 is 11.8 Å². The van der Waals surface area contributed by atoms with E-state index in [1.807, 2.05) is 0 Å². The number of piperidine rings is 1. The zero-order valence-electron chi connectivity index (χ0n) is 12.8. The number of carboxylic acids is 1. The predicted octanol–water partition coefficient (Wildman–Crippen LogP) is 1.72. The van der Waals surface area contributed by atoms with Crippen molar-refractivity contribution in [3.05, 3.63) is 35.4 Å². The average molecular weight is 301 g/mol. The third-order valence-electron chi connectivity index (χ3n) is 4.36. The van der Waals surface area contributed by atoms with Crippen LogP contribution in [0.5, 0.6) is 0 Å². The van der Waals surface area contributed by atoms with Crippen LogP contribution in [0, 0.1) is 5.92 Å². The molecule has 2 N–H and O–H groups in total. The minimum Gasteiger partial charge on any atom is -0.481 e. The first kappa shape index (κ1) is 15.0. The fraction of sp³-hybridized carbons (Fsp3) is 0.529. The first-order valence-corrected chi connectivity index (χ1v) is 8.05. The summed E-state index contributed by atoms with van der Waals surface area (Å²) >= 11 is 0. The van der Waals surface area contributed by atoms with E-state index in [0.29, 0.717) is 6.54 Å². The van der Waals surface area contributed by atoms with Crippen LogP contribution in [0.25, 0.3) is 0 Å². The molecule has 2 heterocycles. The van der Waals surface area contributed by atoms with Crippen molar-refractivity contribution in [1.29, 1.82) is 0 Å². The Labute approximate surface area is 131 Å². The molecule has 0 saturated carbocycles. The fourth-order valence-electron chi connectivity index (χ4n) is 3.20. The second-order valence-corrected chi connectivity index (χ2v) is 6.12. The monoisotopic (exact) mass is 301 g/mol. The summed E-state index contributed by atoms with van der Waals surface area (Å²) in [5, 5.41) is 12.5. The number of carboxylic acid groups (broad SMARTS) is 1. The van der Waals surface area contributed by atoms with Crippen molar-refractivity contribution in [2.45, 2.75) is 25.8 Å². The first-order chi connectivity index (χ1) is 10.7. The van der Waals surface area contributed by atoms with Gasteiger partial charge in [-0.1, -0.05) is 18.2 Å². The highest BCUT2D eigenvalue weighted by atomic mass is 16.4. The van der Waals surface area contributed by atoms with Gasteiger partial charge in [0.05, 0.1) is 5.92 Å². The number of aliphatic carboxylic acids is 1. The van der Waals surface area contributed by atoms with Gasteiger partial charge in [0.1, 0.15) is 5.84 Å². The second kappa shape index (κ2) is 6.92. The topological polar surface area (TPSA) is 64.9 Å². The number of amidine groups is 1. The Morgan fingerprint density at radius 2 is 2.32 bits per heavy atom. The zero-order chi connectivity index (χ0) is 15.4. The van der Waals surface area contributed by atoms with E-state index in [0.717, 1.165) is 56.8 Å². The quantitative estimate of drug-likeness (QED) is 0.889. The number of hydrogen-bond donors (Lipinski definition) is 2. The van der Waals surface area contributed by atoms with E-state index in [2.05, 4.69) is 39.5 Å². The number of carbonyl (C=O) groups is 1. The Morgan fingerprint density at radius 3 is 3.09 bits per heavy atom. The van der Waals surface area contributed by atoms with Crippen molar-refractivity contribution in [1.82, 2.24) is 10.2 Å². The van der Waals surface area contributed by atoms with E-state index < -0.39 is 5.97 Å². The van der Waals surface area contributed by atoms with E-state index in [-0.39, 0.29) is 5.92 Å². The van der Waals surface area contributed by atoms with Crippen molar-refractivity contribution in [2.24, 2.45) is 10.9 Å². The lowest BCUT2D eigenvalue weighted by Crippen LogP contribution is -2.38. The number of nitrogens with one attached hydrogen (secondary N) is 1. The van der Waals surface area contributed by atoms with Crippen LogP contribution in [0.15, 0.2) is 29.3 Å². The van der Waals surface area contributed by atoms with Crippen LogP contribution in [0.4, 0.5) is 0 Å². The summed E-state index contributed by atoms with van der Waals surface area (Å²) in [6.45, 7) is 4.31. The summed E-state index contributed by atoms with van der Waals surface area (Å²) in [5.41, 5.74) is 2.35. The van der Waals surface area contributed by atoms with Crippen molar-refractivity contribution in [3.63, 3.8) is 0 Å². The van der Waals surface area contributed by atoms with Gasteiger partial charge in [-0.15, -0.1) is 0 Å². The van der Waals surface area contributed by atoms with Crippen molar-refractivity contribution in [3.8, 4) is 0 Å². The minimum absolute atomic E-state index is 0.221. The molecule has 0 aromatic heterocycles. The maximum Gasteiger partial charge on any atom is 0.307 e. The molecule has 5 heteroatoms. The number of aliphatic imine (C=N–C) groups is 1. The number of likely N-dealkylation sites (tertiary alicyclic amines) is 1. The molecule has 22 heavy (non-hydrogen) atoms. The third-order valence-corrected chi connectivity index (χ3v) is 4.36. The molecule has 1 unspecified atom stereocenters. The summed E-state index contributed by atoms with van der Waals surface area (Å²) in [6.07, 6.45) is 2.85. The molecule has 118 valence electrons. The standard InChI is InChI=1S/C17H23N3O2/c21-17(22)15-6-2-9-20(12-15)11-13-4-1-5-14(10-13)16-18-7-3-8-19-16/h1,4-5,10,15H,2-3,6-9,11-12H2,(H,18,19)(H,21,22). The van der Waals surface area contributed by atoms with E-state index >= 15 is 0 Å². The van der Waals surface area contributed by atoms with Gasteiger partial charge in [-0.25, -0.2) is 0 Å². The summed E-state index contributed by atoms with van der Waals surface area (Å²) in [5.74, 6) is 0.0932. The van der Waals surface area contributed by atoms with Crippen LogP contribution in [-0.2, 0) is 11.3 Å². The molecule has 1 atom stereocenters. The molecule has 5 nitrogen and oxygen atoms in total. The fourth-order valence-corrected chi connectivity index (χ4v) is 3.20. The van der Waals surface area contributed by atoms with Crippen LogP contribution >= 0.6 is 0 Å². The Hall–Kier alpha value is -1.88. The Bertz CT molecular complexity index is 571. The lowest BCUT2D eigenvalue weighted by atomic mass is 9.97. The maximum atomic E-state index is 11.2. The molecular formula is C17H23N3O2. The van der Waals surface area contributed by atoms with Gasteiger partial charge in [0, 0.05) is 31.7 Å². The van der Waals surface area contributed by atoms with Gasteiger partial charge in [0.25, 0.3) is 0 Å². The molecule has 1 aromatic rings. The Balaban J connectivity index is 1.67. The molecule has 0 radical (unpaired) electrons. The lowest BCUT2D eigenvalue weighted by Gasteiger charge is -2.30. The van der Waals surface area contributed by atoms with E-state index in [1.165, 1.54) is 5.56 Å². The smallest absolute Gasteiger partial charge is 0.307 e. The molecule has 0 bridgehead atoms. The number of hydrogen-bond acceptors (Lipinski definition) is 4. The van der Waals surface area contributed by atoms with Gasteiger partial charge < -0.3 is 10.4 Å². The first-order valence-electron chi connectivity index (χ1n) is 8.05. The van der Waals surface area contributed by atoms with Crippen LogP contribution in [0.1, 0.15) is 30.4 Å². The van der Waals surface area contributed by atoms with Crippen molar-refractivity contribution in [2.75, 3.05) is 26.2 Å². The predicted molar refractivity (Wildman–Crippen MR) is 86.1 cm³/mol. The van der Waals surface area contributed by atoms with Gasteiger partial charge in [-0.3, -0.25) is 14.7 Å². The van der Waals surface area contributed by atoms with E-state index in [9.17, 15) is 9.90 Å². The lowest BCUT2D eigenvalue weighted by molar-refractivity contribution is -0.143. The van der Waals surface area contributed by atoms with E-state index in [4.69, 9.17) is 0 Å². The normalized spacial score (nSPS) is 22.7. The highest BCUT2D eigenvalue weighted by Crippen LogP contribution is 2.19. The zero-order valence-corrected chi connectivity index (χ0v) is 12.8. The molecule has 0 spiro atoms. The van der Waals surface area contributed by atoms with Gasteiger partial charge in [-0.05, 0) is 37.4 Å². The minimum atomic E-state index is -0.667. The van der Waals surface area contributed by atoms with Crippen LogP contribution < -0.4 is 5.32 Å². The van der Waals surface area contributed by atoms with Crippen molar-refractivity contribution < 1.29 is 9.90 Å². The van der Waals surface area contributed by atoms with E-state index in [1.54, 1.807) is 0 Å².